The third-order valence-corrected chi connectivity index (χ3v) is 4.24. The van der Waals surface area contributed by atoms with E-state index in [-0.39, 0.29) is 0 Å². The van der Waals surface area contributed by atoms with Crippen molar-refractivity contribution < 1.29 is 0 Å². The molecule has 64 valence electrons. The smallest absolute Gasteiger partial charge is 0.0352 e. The Hall–Kier alpha value is -0.730. The molecule has 0 radical (unpaired) electrons. The number of rotatable bonds is 0. The average Bonchev–Trinajstić information content (AvgIpc) is 2.56. The molecular formula is C11H8S2. The summed E-state index contributed by atoms with van der Waals surface area (Å²) in [6, 6.07) is 8.67. The lowest BCUT2D eigenvalue weighted by Gasteiger charge is -2.03. The minimum absolute atomic E-state index is 1.13. The Kier molecular flexibility index (Phi) is 1.70. The summed E-state index contributed by atoms with van der Waals surface area (Å²) in [4.78, 5) is 1.44. The van der Waals surface area contributed by atoms with Crippen LogP contribution in [-0.4, -0.2) is 0 Å². The molecule has 1 aromatic heterocycles. The summed E-state index contributed by atoms with van der Waals surface area (Å²) in [7, 11) is 0. The molecule has 1 aromatic carbocycles. The van der Waals surface area contributed by atoms with Crippen molar-refractivity contribution in [1.82, 2.24) is 0 Å². The minimum Gasteiger partial charge on any atom is -0.135 e. The fourth-order valence-electron chi connectivity index (χ4n) is 1.64. The van der Waals surface area contributed by atoms with Crippen LogP contribution in [0.25, 0.3) is 16.2 Å². The van der Waals surface area contributed by atoms with Crippen LogP contribution in [0.2, 0.25) is 0 Å². The molecule has 13 heavy (non-hydrogen) atoms. The quantitative estimate of drug-likeness (QED) is 0.622. The van der Waals surface area contributed by atoms with Crippen molar-refractivity contribution in [2.24, 2.45) is 0 Å². The first kappa shape index (κ1) is 7.65. The third-order valence-electron chi connectivity index (χ3n) is 2.27. The first-order valence-electron chi connectivity index (χ1n) is 4.24. The number of fused-ring (bicyclic) bond motifs is 3. The Bertz CT molecular complexity index is 480. The van der Waals surface area contributed by atoms with Crippen molar-refractivity contribution in [2.75, 3.05) is 0 Å². The van der Waals surface area contributed by atoms with E-state index < -0.39 is 0 Å². The van der Waals surface area contributed by atoms with Crippen LogP contribution in [-0.2, 0) is 5.75 Å². The van der Waals surface area contributed by atoms with Crippen molar-refractivity contribution >= 4 is 39.3 Å². The molecule has 0 amide bonds. The van der Waals surface area contributed by atoms with E-state index >= 15 is 0 Å². The van der Waals surface area contributed by atoms with Gasteiger partial charge in [0.05, 0.1) is 0 Å². The zero-order chi connectivity index (χ0) is 8.67. The molecule has 0 nitrogen and oxygen atoms in total. The standard InChI is InChI=1S/C11H8S2/c1-2-4-10-8(3-1)9-7-12-6-5-11(9)13-10/h1-6H,7H2. The molecule has 0 aliphatic carbocycles. The topological polar surface area (TPSA) is 0 Å². The molecule has 2 aromatic rings. The summed E-state index contributed by atoms with van der Waals surface area (Å²) in [5, 5.41) is 3.64. The average molecular weight is 204 g/mol. The summed E-state index contributed by atoms with van der Waals surface area (Å²) >= 11 is 3.78. The van der Waals surface area contributed by atoms with Gasteiger partial charge in [-0.1, -0.05) is 18.2 Å². The lowest BCUT2D eigenvalue weighted by atomic mass is 10.1. The van der Waals surface area contributed by atoms with Crippen molar-refractivity contribution in [3.05, 3.63) is 40.1 Å². The first-order valence-corrected chi connectivity index (χ1v) is 6.10. The third kappa shape index (κ3) is 1.13. The van der Waals surface area contributed by atoms with Gasteiger partial charge in [-0.05, 0) is 28.5 Å². The zero-order valence-corrected chi connectivity index (χ0v) is 8.62. The highest BCUT2D eigenvalue weighted by Crippen LogP contribution is 2.37. The van der Waals surface area contributed by atoms with Crippen LogP contribution >= 0.6 is 23.1 Å². The van der Waals surface area contributed by atoms with Gasteiger partial charge in [0, 0.05) is 15.3 Å². The maximum absolute atomic E-state index is 2.23. The maximum atomic E-state index is 2.23. The van der Waals surface area contributed by atoms with Crippen LogP contribution in [0.4, 0.5) is 0 Å². The Morgan fingerprint density at radius 2 is 2.08 bits per heavy atom. The normalized spacial score (nSPS) is 14.8. The molecule has 0 saturated carbocycles. The molecule has 0 saturated heterocycles. The summed E-state index contributed by atoms with van der Waals surface area (Å²) < 4.78 is 1.42. The highest BCUT2D eigenvalue weighted by Gasteiger charge is 2.11. The number of hydrogen-bond donors (Lipinski definition) is 0. The van der Waals surface area contributed by atoms with E-state index in [1.807, 2.05) is 23.1 Å². The fourth-order valence-corrected chi connectivity index (χ4v) is 3.75. The van der Waals surface area contributed by atoms with Gasteiger partial charge in [-0.2, -0.15) is 0 Å². The SMILES string of the molecule is C1=Cc2sc3ccccc3c2CS1. The number of thioether (sulfide) groups is 1. The summed E-state index contributed by atoms with van der Waals surface area (Å²) in [6.45, 7) is 0. The van der Waals surface area contributed by atoms with E-state index in [4.69, 9.17) is 0 Å². The molecule has 0 fully saturated rings. The number of thiophene rings is 1. The van der Waals surface area contributed by atoms with E-state index in [1.54, 1.807) is 0 Å². The van der Waals surface area contributed by atoms with Gasteiger partial charge >= 0.3 is 0 Å². The van der Waals surface area contributed by atoms with Crippen LogP contribution in [0.15, 0.2) is 29.7 Å². The van der Waals surface area contributed by atoms with Gasteiger partial charge in [0.2, 0.25) is 0 Å². The van der Waals surface area contributed by atoms with Gasteiger partial charge < -0.3 is 0 Å². The van der Waals surface area contributed by atoms with E-state index in [0.29, 0.717) is 0 Å². The molecule has 0 N–H and O–H groups in total. The van der Waals surface area contributed by atoms with Crippen molar-refractivity contribution in [1.29, 1.82) is 0 Å². The molecule has 0 spiro atoms. The van der Waals surface area contributed by atoms with Crippen molar-refractivity contribution in [3.63, 3.8) is 0 Å². The van der Waals surface area contributed by atoms with Gasteiger partial charge in [-0.3, -0.25) is 0 Å². The molecule has 0 bridgehead atoms. The summed E-state index contributed by atoms with van der Waals surface area (Å²) in [6.07, 6.45) is 2.23. The molecule has 2 heterocycles. The van der Waals surface area contributed by atoms with Crippen LogP contribution < -0.4 is 0 Å². The zero-order valence-electron chi connectivity index (χ0n) is 6.99. The Balaban J connectivity index is 2.41. The monoisotopic (exact) mass is 204 g/mol. The second-order valence-corrected chi connectivity index (χ2v) is 5.03. The fraction of sp³-hybridized carbons (Fsp3) is 0.0909. The highest BCUT2D eigenvalue weighted by molar-refractivity contribution is 8.01. The van der Waals surface area contributed by atoms with Crippen LogP contribution in [0, 0.1) is 0 Å². The maximum Gasteiger partial charge on any atom is 0.0352 e. The first-order chi connectivity index (χ1) is 6.45. The molecule has 0 unspecified atom stereocenters. The summed E-state index contributed by atoms with van der Waals surface area (Å²) in [5.41, 5.74) is 1.52. The van der Waals surface area contributed by atoms with Crippen LogP contribution in [0.5, 0.6) is 0 Å². The molecular weight excluding hydrogens is 196 g/mol. The van der Waals surface area contributed by atoms with Crippen molar-refractivity contribution in [2.45, 2.75) is 5.75 Å². The predicted molar refractivity (Wildman–Crippen MR) is 62.2 cm³/mol. The van der Waals surface area contributed by atoms with Gasteiger partial charge in [0.1, 0.15) is 0 Å². The van der Waals surface area contributed by atoms with Gasteiger partial charge in [-0.25, -0.2) is 0 Å². The Morgan fingerprint density at radius 1 is 1.15 bits per heavy atom. The van der Waals surface area contributed by atoms with E-state index in [2.05, 4.69) is 35.7 Å². The molecule has 1 aliphatic heterocycles. The van der Waals surface area contributed by atoms with Crippen LogP contribution in [0.3, 0.4) is 0 Å². The number of hydrogen-bond acceptors (Lipinski definition) is 2. The molecule has 2 heteroatoms. The summed E-state index contributed by atoms with van der Waals surface area (Å²) in [5.74, 6) is 1.13. The number of benzene rings is 1. The lowest BCUT2D eigenvalue weighted by molar-refractivity contribution is 1.49. The predicted octanol–water partition coefficient (Wildman–Crippen LogP) is 4.12. The van der Waals surface area contributed by atoms with E-state index in [9.17, 15) is 0 Å². The minimum atomic E-state index is 1.13. The molecule has 1 aliphatic rings. The van der Waals surface area contributed by atoms with Gasteiger partial charge in [-0.15, -0.1) is 23.1 Å². The largest absolute Gasteiger partial charge is 0.135 e. The van der Waals surface area contributed by atoms with Gasteiger partial charge in [0.25, 0.3) is 0 Å². The molecule has 3 rings (SSSR count). The second kappa shape index (κ2) is 2.89. The van der Waals surface area contributed by atoms with Crippen LogP contribution in [0.1, 0.15) is 10.4 Å². The van der Waals surface area contributed by atoms with E-state index in [0.717, 1.165) is 5.75 Å². The Morgan fingerprint density at radius 3 is 3.08 bits per heavy atom. The second-order valence-electron chi connectivity index (χ2n) is 3.05. The molecule has 0 atom stereocenters. The van der Waals surface area contributed by atoms with Gasteiger partial charge in [0.15, 0.2) is 0 Å². The Labute approximate surface area is 85.3 Å². The lowest BCUT2D eigenvalue weighted by Crippen LogP contribution is -1.82. The highest BCUT2D eigenvalue weighted by atomic mass is 32.2. The van der Waals surface area contributed by atoms with E-state index in [1.165, 1.54) is 20.5 Å². The van der Waals surface area contributed by atoms with Crippen molar-refractivity contribution in [3.8, 4) is 0 Å².